The van der Waals surface area contributed by atoms with Crippen LogP contribution in [0.1, 0.15) is 0 Å². The quantitative estimate of drug-likeness (QED) is 0.159. The minimum absolute atomic E-state index is 1.08. The molecule has 246 valence electrons. The Balaban J connectivity index is 1.18. The molecule has 9 rings (SSSR count). The third-order valence-electron chi connectivity index (χ3n) is 9.83. The highest BCUT2D eigenvalue weighted by molar-refractivity contribution is 6.06. The van der Waals surface area contributed by atoms with Gasteiger partial charge in [0.1, 0.15) is 0 Å². The highest BCUT2D eigenvalue weighted by atomic mass is 15.2. The molecule has 0 saturated heterocycles. The smallest absolute Gasteiger partial charge is 0.0540 e. The molecule has 0 aliphatic rings. The molecule has 0 N–H and O–H groups in total. The Hall–Kier alpha value is -6.90. The van der Waals surface area contributed by atoms with Crippen LogP contribution in [0, 0.1) is 0 Å². The van der Waals surface area contributed by atoms with Crippen molar-refractivity contribution in [3.63, 3.8) is 0 Å². The minimum atomic E-state index is 1.08. The molecule has 0 spiro atoms. The van der Waals surface area contributed by atoms with Crippen molar-refractivity contribution in [3.8, 4) is 22.3 Å². The number of rotatable bonds is 8. The molecule has 0 aliphatic heterocycles. The number of hydrogen-bond acceptors (Lipinski definition) is 2. The Kier molecular flexibility index (Phi) is 8.24. The number of anilines is 6. The fourth-order valence-corrected chi connectivity index (χ4v) is 7.31. The van der Waals surface area contributed by atoms with Crippen LogP contribution in [-0.2, 0) is 0 Å². The van der Waals surface area contributed by atoms with E-state index < -0.39 is 0 Å². The van der Waals surface area contributed by atoms with Crippen LogP contribution in [0.15, 0.2) is 218 Å². The highest BCUT2D eigenvalue weighted by Gasteiger charge is 2.19. The van der Waals surface area contributed by atoms with E-state index >= 15 is 0 Å². The summed E-state index contributed by atoms with van der Waals surface area (Å²) in [6.07, 6.45) is 0. The topological polar surface area (TPSA) is 6.48 Å². The Morgan fingerprint density at radius 1 is 0.250 bits per heavy atom. The van der Waals surface area contributed by atoms with Crippen LogP contribution < -0.4 is 9.80 Å². The average molecular weight is 665 g/mol. The third-order valence-corrected chi connectivity index (χ3v) is 9.83. The zero-order valence-electron chi connectivity index (χ0n) is 28.7. The lowest BCUT2D eigenvalue weighted by atomic mass is 9.95. The number of fused-ring (bicyclic) bond motifs is 2. The van der Waals surface area contributed by atoms with Crippen LogP contribution in [0.4, 0.5) is 34.1 Å². The molecule has 0 saturated carbocycles. The van der Waals surface area contributed by atoms with Gasteiger partial charge in [0.05, 0.1) is 5.69 Å². The normalized spacial score (nSPS) is 11.1. The van der Waals surface area contributed by atoms with Crippen LogP contribution in [-0.4, -0.2) is 0 Å². The van der Waals surface area contributed by atoms with Gasteiger partial charge in [0.15, 0.2) is 0 Å². The van der Waals surface area contributed by atoms with E-state index in [0.29, 0.717) is 0 Å². The summed E-state index contributed by atoms with van der Waals surface area (Å²) in [5, 5.41) is 4.91. The van der Waals surface area contributed by atoms with Gasteiger partial charge < -0.3 is 9.80 Å². The van der Waals surface area contributed by atoms with Gasteiger partial charge in [-0.1, -0.05) is 146 Å². The van der Waals surface area contributed by atoms with Crippen molar-refractivity contribution in [1.82, 2.24) is 0 Å². The van der Waals surface area contributed by atoms with E-state index in [9.17, 15) is 0 Å². The first-order chi connectivity index (χ1) is 25.8. The molecule has 0 heterocycles. The van der Waals surface area contributed by atoms with Crippen LogP contribution in [0.2, 0.25) is 0 Å². The minimum Gasteiger partial charge on any atom is -0.311 e. The van der Waals surface area contributed by atoms with E-state index in [0.717, 1.165) is 34.1 Å². The number of benzene rings is 9. The summed E-state index contributed by atoms with van der Waals surface area (Å²) in [6.45, 7) is 0. The summed E-state index contributed by atoms with van der Waals surface area (Å²) in [5.41, 5.74) is 11.5. The molecule has 2 heteroatoms. The predicted octanol–water partition coefficient (Wildman–Crippen LogP) is 14.3. The van der Waals surface area contributed by atoms with Crippen LogP contribution in [0.3, 0.4) is 0 Å². The van der Waals surface area contributed by atoms with E-state index in [1.165, 1.54) is 43.8 Å². The molecule has 0 aromatic heterocycles. The zero-order chi connectivity index (χ0) is 34.7. The maximum absolute atomic E-state index is 2.39. The summed E-state index contributed by atoms with van der Waals surface area (Å²) in [4.78, 5) is 4.69. The van der Waals surface area contributed by atoms with Gasteiger partial charge in [-0.05, 0) is 111 Å². The standard InChI is InChI=1S/C50H36N2/c1-4-14-37(15-5-1)39-28-30-45(31-29-39)52(46-34-32-44(33-35-46)51(42-18-6-2-7-19-42)43-20-8-3-9-21-43)50-25-13-23-48-47(22-12-24-49(48)50)41-27-26-38-16-10-11-17-40(38)36-41/h1-36H. The van der Waals surface area contributed by atoms with E-state index in [2.05, 4.69) is 228 Å². The van der Waals surface area contributed by atoms with E-state index in [1.807, 2.05) is 0 Å². The van der Waals surface area contributed by atoms with Crippen molar-refractivity contribution in [2.75, 3.05) is 9.80 Å². The van der Waals surface area contributed by atoms with Gasteiger partial charge in [-0.15, -0.1) is 0 Å². The van der Waals surface area contributed by atoms with Crippen molar-refractivity contribution in [2.24, 2.45) is 0 Å². The summed E-state index contributed by atoms with van der Waals surface area (Å²) in [6, 6.07) is 78.3. The van der Waals surface area contributed by atoms with Crippen molar-refractivity contribution < 1.29 is 0 Å². The van der Waals surface area contributed by atoms with Crippen molar-refractivity contribution in [1.29, 1.82) is 0 Å². The first-order valence-corrected chi connectivity index (χ1v) is 17.8. The summed E-state index contributed by atoms with van der Waals surface area (Å²) >= 11 is 0. The Labute approximate surface area is 305 Å². The van der Waals surface area contributed by atoms with Crippen LogP contribution in [0.5, 0.6) is 0 Å². The third kappa shape index (κ3) is 5.97. The first-order valence-electron chi connectivity index (χ1n) is 17.8. The molecule has 9 aromatic carbocycles. The zero-order valence-corrected chi connectivity index (χ0v) is 28.7. The fourth-order valence-electron chi connectivity index (χ4n) is 7.31. The largest absolute Gasteiger partial charge is 0.311 e. The molecule has 0 atom stereocenters. The molecule has 9 aromatic rings. The van der Waals surface area contributed by atoms with Gasteiger partial charge in [-0.2, -0.15) is 0 Å². The summed E-state index contributed by atoms with van der Waals surface area (Å²) in [7, 11) is 0. The maximum Gasteiger partial charge on any atom is 0.0540 e. The molecule has 0 unspecified atom stereocenters. The highest BCUT2D eigenvalue weighted by Crippen LogP contribution is 2.43. The second-order valence-corrected chi connectivity index (χ2v) is 13.0. The number of para-hydroxylation sites is 2. The molecule has 52 heavy (non-hydrogen) atoms. The lowest BCUT2D eigenvalue weighted by Crippen LogP contribution is -2.12. The monoisotopic (exact) mass is 664 g/mol. The molecule has 0 bridgehead atoms. The molecule has 2 nitrogen and oxygen atoms in total. The fraction of sp³-hybridized carbons (Fsp3) is 0. The summed E-state index contributed by atoms with van der Waals surface area (Å²) < 4.78 is 0. The molecule has 0 radical (unpaired) electrons. The SMILES string of the molecule is c1ccc(-c2ccc(N(c3ccc(N(c4ccccc4)c4ccccc4)cc3)c3cccc4c(-c5ccc6ccccc6c5)cccc34)cc2)cc1. The van der Waals surface area contributed by atoms with E-state index in [4.69, 9.17) is 0 Å². The molecule has 0 fully saturated rings. The lowest BCUT2D eigenvalue weighted by Gasteiger charge is -2.29. The van der Waals surface area contributed by atoms with Gasteiger partial charge in [0.25, 0.3) is 0 Å². The van der Waals surface area contributed by atoms with Gasteiger partial charge in [-0.3, -0.25) is 0 Å². The molecular formula is C50H36N2. The Bertz CT molecular complexity index is 2560. The molecule has 0 amide bonds. The second kappa shape index (κ2) is 13.8. The molecular weight excluding hydrogens is 629 g/mol. The van der Waals surface area contributed by atoms with Gasteiger partial charge in [0.2, 0.25) is 0 Å². The Morgan fingerprint density at radius 2 is 0.712 bits per heavy atom. The second-order valence-electron chi connectivity index (χ2n) is 13.0. The molecule has 0 aliphatic carbocycles. The van der Waals surface area contributed by atoms with Gasteiger partial charge >= 0.3 is 0 Å². The number of hydrogen-bond donors (Lipinski definition) is 0. The number of nitrogens with zero attached hydrogens (tertiary/aromatic N) is 2. The maximum atomic E-state index is 2.39. The van der Waals surface area contributed by atoms with Crippen LogP contribution >= 0.6 is 0 Å². The Morgan fingerprint density at radius 3 is 1.37 bits per heavy atom. The van der Waals surface area contributed by atoms with Gasteiger partial charge in [0, 0.05) is 33.8 Å². The van der Waals surface area contributed by atoms with Gasteiger partial charge in [-0.25, -0.2) is 0 Å². The average Bonchev–Trinajstić information content (AvgIpc) is 3.23. The van der Waals surface area contributed by atoms with Crippen molar-refractivity contribution in [2.45, 2.75) is 0 Å². The van der Waals surface area contributed by atoms with Crippen molar-refractivity contribution in [3.05, 3.63) is 218 Å². The first kappa shape index (κ1) is 31.1. The van der Waals surface area contributed by atoms with E-state index in [-0.39, 0.29) is 0 Å². The lowest BCUT2D eigenvalue weighted by molar-refractivity contribution is 1.26. The van der Waals surface area contributed by atoms with Crippen molar-refractivity contribution >= 4 is 55.7 Å². The predicted molar refractivity (Wildman–Crippen MR) is 222 cm³/mol. The van der Waals surface area contributed by atoms with Crippen LogP contribution in [0.25, 0.3) is 43.8 Å². The summed E-state index contributed by atoms with van der Waals surface area (Å²) in [5.74, 6) is 0. The van der Waals surface area contributed by atoms with E-state index in [1.54, 1.807) is 0 Å².